The molecule has 0 heterocycles. The van der Waals surface area contributed by atoms with Crippen LogP contribution in [-0.4, -0.2) is 43.7 Å². The predicted octanol–water partition coefficient (Wildman–Crippen LogP) is 2.82. The Morgan fingerprint density at radius 2 is 2.19 bits per heavy atom. The van der Waals surface area contributed by atoms with Crippen LogP contribution in [0.25, 0.3) is 0 Å². The first-order valence-corrected chi connectivity index (χ1v) is 7.28. The molecule has 4 nitrogen and oxygen atoms in total. The molecule has 0 radical (unpaired) electrons. The van der Waals surface area contributed by atoms with E-state index in [0.29, 0.717) is 30.8 Å². The van der Waals surface area contributed by atoms with Gasteiger partial charge >= 0.3 is 0 Å². The second-order valence-electron chi connectivity index (χ2n) is 5.29. The molecule has 118 valence electrons. The van der Waals surface area contributed by atoms with E-state index in [4.69, 9.17) is 4.74 Å². The van der Waals surface area contributed by atoms with Crippen molar-refractivity contribution in [3.05, 3.63) is 29.6 Å². The number of amides is 1. The van der Waals surface area contributed by atoms with Crippen LogP contribution in [0.1, 0.15) is 25.8 Å². The maximum atomic E-state index is 13.4. The van der Waals surface area contributed by atoms with E-state index >= 15 is 0 Å². The Kier molecular flexibility index (Phi) is 7.32. The standard InChI is InChI=1S/C16H25FN2O2/c1-5-21-13(3)11-19(4)9-8-16(20)18-14-7-6-12(2)15(17)10-14/h6-7,10,13H,5,8-9,11H2,1-4H3,(H,18,20)/t13-/m1/s1. The lowest BCUT2D eigenvalue weighted by Crippen LogP contribution is -2.31. The van der Waals surface area contributed by atoms with Gasteiger partial charge in [-0.2, -0.15) is 0 Å². The van der Waals surface area contributed by atoms with Crippen molar-refractivity contribution in [2.45, 2.75) is 33.3 Å². The van der Waals surface area contributed by atoms with Crippen LogP contribution in [0.2, 0.25) is 0 Å². The van der Waals surface area contributed by atoms with Gasteiger partial charge in [0.1, 0.15) is 5.82 Å². The van der Waals surface area contributed by atoms with Crippen LogP contribution in [0.5, 0.6) is 0 Å². The molecule has 1 amide bonds. The average Bonchev–Trinajstić information content (AvgIpc) is 2.41. The van der Waals surface area contributed by atoms with Gasteiger partial charge in [-0.15, -0.1) is 0 Å². The summed E-state index contributed by atoms with van der Waals surface area (Å²) in [4.78, 5) is 13.9. The number of hydrogen-bond donors (Lipinski definition) is 1. The SMILES string of the molecule is CCO[C@H](C)CN(C)CCC(=O)Nc1ccc(C)c(F)c1. The van der Waals surface area contributed by atoms with Crippen molar-refractivity contribution in [1.82, 2.24) is 4.90 Å². The van der Waals surface area contributed by atoms with Crippen LogP contribution >= 0.6 is 0 Å². The molecule has 1 N–H and O–H groups in total. The zero-order valence-electron chi connectivity index (χ0n) is 13.3. The minimum Gasteiger partial charge on any atom is -0.377 e. The molecule has 0 saturated heterocycles. The first kappa shape index (κ1) is 17.6. The normalized spacial score (nSPS) is 12.5. The lowest BCUT2D eigenvalue weighted by molar-refractivity contribution is -0.116. The number of halogens is 1. The van der Waals surface area contributed by atoms with Crippen molar-refractivity contribution < 1.29 is 13.9 Å². The highest BCUT2D eigenvalue weighted by molar-refractivity contribution is 5.90. The van der Waals surface area contributed by atoms with Crippen molar-refractivity contribution >= 4 is 11.6 Å². The second kappa shape index (κ2) is 8.74. The van der Waals surface area contributed by atoms with E-state index in [0.717, 1.165) is 6.54 Å². The highest BCUT2D eigenvalue weighted by atomic mass is 19.1. The summed E-state index contributed by atoms with van der Waals surface area (Å²) in [5, 5.41) is 2.71. The lowest BCUT2D eigenvalue weighted by atomic mass is 10.2. The fraction of sp³-hybridized carbons (Fsp3) is 0.562. The third-order valence-corrected chi connectivity index (χ3v) is 3.20. The van der Waals surface area contributed by atoms with E-state index in [1.165, 1.54) is 6.07 Å². The van der Waals surface area contributed by atoms with E-state index in [1.807, 2.05) is 20.9 Å². The summed E-state index contributed by atoms with van der Waals surface area (Å²) < 4.78 is 18.8. The summed E-state index contributed by atoms with van der Waals surface area (Å²) in [6.45, 7) is 7.77. The van der Waals surface area contributed by atoms with Crippen LogP contribution in [0.4, 0.5) is 10.1 Å². The predicted molar refractivity (Wildman–Crippen MR) is 83.0 cm³/mol. The van der Waals surface area contributed by atoms with Crippen molar-refractivity contribution in [2.75, 3.05) is 32.1 Å². The number of nitrogens with one attached hydrogen (secondary N) is 1. The number of aryl methyl sites for hydroxylation is 1. The van der Waals surface area contributed by atoms with Crippen LogP contribution in [0.15, 0.2) is 18.2 Å². The van der Waals surface area contributed by atoms with Gasteiger partial charge in [0, 0.05) is 31.8 Å². The Bertz CT molecular complexity index is 466. The smallest absolute Gasteiger partial charge is 0.225 e. The molecular weight excluding hydrogens is 271 g/mol. The Morgan fingerprint density at radius 1 is 1.48 bits per heavy atom. The molecule has 1 rings (SSSR count). The highest BCUT2D eigenvalue weighted by Gasteiger charge is 2.09. The van der Waals surface area contributed by atoms with E-state index in [2.05, 4.69) is 10.2 Å². The number of carbonyl (C=O) groups excluding carboxylic acids is 1. The monoisotopic (exact) mass is 296 g/mol. The van der Waals surface area contributed by atoms with Crippen LogP contribution < -0.4 is 5.32 Å². The summed E-state index contributed by atoms with van der Waals surface area (Å²) in [6, 6.07) is 4.70. The van der Waals surface area contributed by atoms with Gasteiger partial charge in [0.15, 0.2) is 0 Å². The molecule has 0 bridgehead atoms. The van der Waals surface area contributed by atoms with Gasteiger partial charge in [0.25, 0.3) is 0 Å². The molecule has 1 aromatic rings. The van der Waals surface area contributed by atoms with E-state index < -0.39 is 0 Å². The third-order valence-electron chi connectivity index (χ3n) is 3.20. The summed E-state index contributed by atoms with van der Waals surface area (Å²) in [5.74, 6) is -0.426. The minimum atomic E-state index is -0.310. The Balaban J connectivity index is 2.35. The van der Waals surface area contributed by atoms with Gasteiger partial charge in [-0.05, 0) is 45.5 Å². The molecule has 1 aromatic carbocycles. The number of ether oxygens (including phenoxy) is 1. The van der Waals surface area contributed by atoms with Crippen molar-refractivity contribution in [1.29, 1.82) is 0 Å². The molecule has 0 spiro atoms. The molecule has 0 aliphatic rings. The number of rotatable bonds is 8. The van der Waals surface area contributed by atoms with Gasteiger partial charge in [0.2, 0.25) is 5.91 Å². The maximum absolute atomic E-state index is 13.4. The van der Waals surface area contributed by atoms with Gasteiger partial charge in [0.05, 0.1) is 6.10 Å². The minimum absolute atomic E-state index is 0.117. The molecule has 5 heteroatoms. The van der Waals surface area contributed by atoms with Crippen LogP contribution in [0, 0.1) is 12.7 Å². The zero-order valence-corrected chi connectivity index (χ0v) is 13.3. The molecule has 0 unspecified atom stereocenters. The maximum Gasteiger partial charge on any atom is 0.225 e. The van der Waals surface area contributed by atoms with Gasteiger partial charge in [-0.25, -0.2) is 4.39 Å². The van der Waals surface area contributed by atoms with Crippen LogP contribution in [-0.2, 0) is 9.53 Å². The fourth-order valence-electron chi connectivity index (χ4n) is 2.05. The molecule has 0 saturated carbocycles. The lowest BCUT2D eigenvalue weighted by Gasteiger charge is -2.20. The van der Waals surface area contributed by atoms with Crippen LogP contribution in [0.3, 0.4) is 0 Å². The summed E-state index contributed by atoms with van der Waals surface area (Å²) in [6.07, 6.45) is 0.513. The third kappa shape index (κ3) is 6.69. The number of anilines is 1. The van der Waals surface area contributed by atoms with E-state index in [-0.39, 0.29) is 17.8 Å². The number of benzene rings is 1. The largest absolute Gasteiger partial charge is 0.377 e. The fourth-order valence-corrected chi connectivity index (χ4v) is 2.05. The summed E-state index contributed by atoms with van der Waals surface area (Å²) in [7, 11) is 1.95. The summed E-state index contributed by atoms with van der Waals surface area (Å²) in [5.41, 5.74) is 1.06. The van der Waals surface area contributed by atoms with E-state index in [9.17, 15) is 9.18 Å². The van der Waals surface area contributed by atoms with E-state index in [1.54, 1.807) is 19.1 Å². The van der Waals surface area contributed by atoms with Crippen molar-refractivity contribution in [3.63, 3.8) is 0 Å². The molecule has 21 heavy (non-hydrogen) atoms. The zero-order chi connectivity index (χ0) is 15.8. The second-order valence-corrected chi connectivity index (χ2v) is 5.29. The number of nitrogens with zero attached hydrogens (tertiary/aromatic N) is 1. The molecule has 1 atom stereocenters. The summed E-state index contributed by atoms with van der Waals surface area (Å²) >= 11 is 0. The topological polar surface area (TPSA) is 41.6 Å². The van der Waals surface area contributed by atoms with Crippen molar-refractivity contribution in [3.8, 4) is 0 Å². The van der Waals surface area contributed by atoms with Gasteiger partial charge < -0.3 is 15.0 Å². The Hall–Kier alpha value is -1.46. The Morgan fingerprint density at radius 3 is 2.81 bits per heavy atom. The molecule has 0 aromatic heterocycles. The van der Waals surface area contributed by atoms with Gasteiger partial charge in [-0.3, -0.25) is 4.79 Å². The molecular formula is C16H25FN2O2. The number of likely N-dealkylation sites (N-methyl/N-ethyl adjacent to an activating group) is 1. The first-order chi connectivity index (χ1) is 9.92. The number of carbonyl (C=O) groups is 1. The molecule has 0 aliphatic heterocycles. The molecule has 0 fully saturated rings. The van der Waals surface area contributed by atoms with Gasteiger partial charge in [-0.1, -0.05) is 6.07 Å². The highest BCUT2D eigenvalue weighted by Crippen LogP contribution is 2.13. The quantitative estimate of drug-likeness (QED) is 0.802. The molecule has 0 aliphatic carbocycles. The number of hydrogen-bond acceptors (Lipinski definition) is 3. The van der Waals surface area contributed by atoms with Crippen molar-refractivity contribution in [2.24, 2.45) is 0 Å². The average molecular weight is 296 g/mol. The first-order valence-electron chi connectivity index (χ1n) is 7.28. The Labute approximate surface area is 126 Å².